The van der Waals surface area contributed by atoms with Gasteiger partial charge in [0, 0.05) is 0 Å². The van der Waals surface area contributed by atoms with Gasteiger partial charge in [0.2, 0.25) is 0 Å². The van der Waals surface area contributed by atoms with Crippen molar-refractivity contribution in [3.05, 3.63) is 102 Å². The first-order chi connectivity index (χ1) is 14.0. The molecule has 3 aromatic carbocycles. The van der Waals surface area contributed by atoms with Crippen LogP contribution in [0, 0.1) is 0 Å². The highest BCUT2D eigenvalue weighted by atomic mass is 16.5. The monoisotopic (exact) mass is 388 g/mol. The van der Waals surface area contributed by atoms with Gasteiger partial charge in [-0.3, -0.25) is 4.79 Å². The molecule has 0 spiro atoms. The minimum absolute atomic E-state index is 0.0995. The molecule has 3 rings (SSSR count). The van der Waals surface area contributed by atoms with Gasteiger partial charge in [-0.05, 0) is 54.8 Å². The molecule has 0 saturated carbocycles. The van der Waals surface area contributed by atoms with E-state index in [1.165, 1.54) is 6.21 Å². The molecule has 5 nitrogen and oxygen atoms in total. The van der Waals surface area contributed by atoms with Crippen molar-refractivity contribution in [1.82, 2.24) is 5.43 Å². The maximum absolute atomic E-state index is 12.9. The van der Waals surface area contributed by atoms with E-state index in [1.54, 1.807) is 48.5 Å². The van der Waals surface area contributed by atoms with E-state index in [0.717, 1.165) is 11.3 Å². The molecule has 5 heteroatoms. The standard InChI is InChI=1S/C24H24N2O3/c1-18(2)29-22-15-13-19(14-16-22)17-25-26-23(27)24(28,20-9-5-3-6-10-20)21-11-7-4-8-12-21/h3-18,28H,1-2H3,(H,26,27)/b25-17-. The van der Waals surface area contributed by atoms with Gasteiger partial charge in [0.1, 0.15) is 5.75 Å². The largest absolute Gasteiger partial charge is 0.491 e. The Morgan fingerprint density at radius 2 is 1.45 bits per heavy atom. The fourth-order valence-electron chi connectivity index (χ4n) is 2.94. The quantitative estimate of drug-likeness (QED) is 0.477. The summed E-state index contributed by atoms with van der Waals surface area (Å²) in [5.74, 6) is 0.134. The van der Waals surface area contributed by atoms with Crippen molar-refractivity contribution >= 4 is 12.1 Å². The van der Waals surface area contributed by atoms with Crippen molar-refractivity contribution in [3.63, 3.8) is 0 Å². The molecule has 148 valence electrons. The maximum atomic E-state index is 12.9. The number of hydrogen-bond acceptors (Lipinski definition) is 4. The van der Waals surface area contributed by atoms with Gasteiger partial charge in [0.25, 0.3) is 5.91 Å². The third kappa shape index (κ3) is 4.89. The van der Waals surface area contributed by atoms with Crippen molar-refractivity contribution in [2.75, 3.05) is 0 Å². The molecular weight excluding hydrogens is 364 g/mol. The van der Waals surface area contributed by atoms with Crippen molar-refractivity contribution in [2.45, 2.75) is 25.6 Å². The Kier molecular flexibility index (Phi) is 6.42. The first-order valence-corrected chi connectivity index (χ1v) is 9.44. The number of hydrazone groups is 1. The minimum atomic E-state index is -1.85. The second-order valence-electron chi connectivity index (χ2n) is 6.88. The molecule has 2 N–H and O–H groups in total. The summed E-state index contributed by atoms with van der Waals surface area (Å²) in [6.45, 7) is 3.93. The van der Waals surface area contributed by atoms with Crippen molar-refractivity contribution in [1.29, 1.82) is 0 Å². The van der Waals surface area contributed by atoms with Crippen LogP contribution in [0.25, 0.3) is 0 Å². The molecule has 0 heterocycles. The van der Waals surface area contributed by atoms with Crippen molar-refractivity contribution < 1.29 is 14.6 Å². The van der Waals surface area contributed by atoms with Crippen LogP contribution in [0.3, 0.4) is 0 Å². The van der Waals surface area contributed by atoms with Gasteiger partial charge in [-0.1, -0.05) is 60.7 Å². The van der Waals surface area contributed by atoms with Gasteiger partial charge in [-0.2, -0.15) is 5.10 Å². The molecular formula is C24H24N2O3. The molecule has 0 unspecified atom stereocenters. The first kappa shape index (κ1) is 20.3. The lowest BCUT2D eigenvalue weighted by molar-refractivity contribution is -0.136. The van der Waals surface area contributed by atoms with Gasteiger partial charge in [0.15, 0.2) is 5.60 Å². The van der Waals surface area contributed by atoms with Gasteiger partial charge >= 0.3 is 0 Å². The fourth-order valence-corrected chi connectivity index (χ4v) is 2.94. The molecule has 0 saturated heterocycles. The Morgan fingerprint density at radius 1 is 0.931 bits per heavy atom. The number of nitrogens with zero attached hydrogens (tertiary/aromatic N) is 1. The Labute approximate surface area is 170 Å². The molecule has 0 radical (unpaired) electrons. The van der Waals surface area contributed by atoms with Gasteiger partial charge in [-0.25, -0.2) is 5.43 Å². The van der Waals surface area contributed by atoms with E-state index in [4.69, 9.17) is 4.74 Å². The number of amides is 1. The van der Waals surface area contributed by atoms with Gasteiger partial charge < -0.3 is 9.84 Å². The van der Waals surface area contributed by atoms with Crippen LogP contribution in [-0.4, -0.2) is 23.3 Å². The average Bonchev–Trinajstić information content (AvgIpc) is 2.75. The number of rotatable bonds is 7. The second-order valence-corrected chi connectivity index (χ2v) is 6.88. The van der Waals surface area contributed by atoms with Crippen LogP contribution in [-0.2, 0) is 10.4 Å². The zero-order chi connectivity index (χ0) is 20.7. The van der Waals surface area contributed by atoms with E-state index >= 15 is 0 Å². The lowest BCUT2D eigenvalue weighted by Gasteiger charge is -2.27. The molecule has 3 aromatic rings. The van der Waals surface area contributed by atoms with E-state index in [2.05, 4.69) is 10.5 Å². The molecule has 1 amide bonds. The van der Waals surface area contributed by atoms with Crippen LogP contribution in [0.2, 0.25) is 0 Å². The van der Waals surface area contributed by atoms with Crippen LogP contribution in [0.15, 0.2) is 90.0 Å². The number of carbonyl (C=O) groups excluding carboxylic acids is 1. The number of nitrogens with one attached hydrogen (secondary N) is 1. The Balaban J connectivity index is 1.78. The smallest absolute Gasteiger partial charge is 0.281 e. The van der Waals surface area contributed by atoms with Crippen LogP contribution in [0.4, 0.5) is 0 Å². The predicted octanol–water partition coefficient (Wildman–Crippen LogP) is 3.86. The van der Waals surface area contributed by atoms with Crippen LogP contribution in [0.1, 0.15) is 30.5 Å². The summed E-state index contributed by atoms with van der Waals surface area (Å²) >= 11 is 0. The number of hydrogen-bond donors (Lipinski definition) is 2. The molecule has 0 fully saturated rings. The molecule has 0 bridgehead atoms. The zero-order valence-electron chi connectivity index (χ0n) is 16.4. The summed E-state index contributed by atoms with van der Waals surface area (Å²) in [4.78, 5) is 12.9. The maximum Gasteiger partial charge on any atom is 0.281 e. The van der Waals surface area contributed by atoms with Crippen molar-refractivity contribution in [2.24, 2.45) is 5.10 Å². The zero-order valence-corrected chi connectivity index (χ0v) is 16.4. The normalized spacial score (nSPS) is 11.6. The van der Waals surface area contributed by atoms with Crippen LogP contribution in [0.5, 0.6) is 5.75 Å². The van der Waals surface area contributed by atoms with Crippen molar-refractivity contribution in [3.8, 4) is 5.75 Å². The number of carbonyl (C=O) groups is 1. The van der Waals surface area contributed by atoms with E-state index in [0.29, 0.717) is 11.1 Å². The molecule has 0 aliphatic carbocycles. The lowest BCUT2D eigenvalue weighted by atomic mass is 9.85. The Bertz CT molecular complexity index is 913. The minimum Gasteiger partial charge on any atom is -0.491 e. The predicted molar refractivity (Wildman–Crippen MR) is 114 cm³/mol. The van der Waals surface area contributed by atoms with Crippen LogP contribution >= 0.6 is 0 Å². The van der Waals surface area contributed by atoms with E-state index < -0.39 is 11.5 Å². The summed E-state index contributed by atoms with van der Waals surface area (Å²) < 4.78 is 5.61. The first-order valence-electron chi connectivity index (χ1n) is 9.44. The summed E-state index contributed by atoms with van der Waals surface area (Å²) in [6.07, 6.45) is 1.62. The van der Waals surface area contributed by atoms with Gasteiger partial charge in [-0.15, -0.1) is 0 Å². The van der Waals surface area contributed by atoms with Crippen LogP contribution < -0.4 is 10.2 Å². The molecule has 0 aliphatic heterocycles. The highest BCUT2D eigenvalue weighted by Gasteiger charge is 2.39. The SMILES string of the molecule is CC(C)Oc1ccc(/C=N\NC(=O)C(O)(c2ccccc2)c2ccccc2)cc1. The fraction of sp³-hybridized carbons (Fsp3) is 0.167. The highest BCUT2D eigenvalue weighted by molar-refractivity contribution is 5.91. The lowest BCUT2D eigenvalue weighted by Crippen LogP contribution is -2.43. The topological polar surface area (TPSA) is 70.9 Å². The number of aliphatic hydroxyl groups is 1. The molecule has 29 heavy (non-hydrogen) atoms. The van der Waals surface area contributed by atoms with Gasteiger partial charge in [0.05, 0.1) is 12.3 Å². The summed E-state index contributed by atoms with van der Waals surface area (Å²) in [5, 5.41) is 15.4. The molecule has 0 atom stereocenters. The Morgan fingerprint density at radius 3 is 1.93 bits per heavy atom. The third-order valence-corrected chi connectivity index (χ3v) is 4.34. The summed E-state index contributed by atoms with van der Waals surface area (Å²) in [6, 6.07) is 25.0. The summed E-state index contributed by atoms with van der Waals surface area (Å²) in [7, 11) is 0. The molecule has 0 aromatic heterocycles. The average molecular weight is 388 g/mol. The van der Waals surface area contributed by atoms with E-state index in [9.17, 15) is 9.90 Å². The van der Waals surface area contributed by atoms with E-state index in [1.807, 2.05) is 50.2 Å². The summed E-state index contributed by atoms with van der Waals surface area (Å²) in [5.41, 5.74) is 2.34. The number of benzene rings is 3. The molecule has 0 aliphatic rings. The second kappa shape index (κ2) is 9.17. The number of ether oxygens (including phenoxy) is 1. The third-order valence-electron chi connectivity index (χ3n) is 4.34. The Hall–Kier alpha value is -3.44. The highest BCUT2D eigenvalue weighted by Crippen LogP contribution is 2.29. The van der Waals surface area contributed by atoms with E-state index in [-0.39, 0.29) is 6.10 Å².